The van der Waals surface area contributed by atoms with E-state index in [0.717, 1.165) is 44.9 Å². The largest absolute Gasteiger partial charge is 0.472 e. The number of aliphatic hydroxyl groups is 2. The topological polar surface area (TPSA) is 149 Å². The molecule has 11 heteroatoms. The van der Waals surface area contributed by atoms with Gasteiger partial charge in [-0.1, -0.05) is 205 Å². The van der Waals surface area contributed by atoms with Gasteiger partial charge in [0.25, 0.3) is 0 Å². The Morgan fingerprint density at radius 3 is 1.14 bits per heavy atom. The van der Waals surface area contributed by atoms with Crippen molar-refractivity contribution >= 4 is 19.8 Å². The minimum Gasteiger partial charge on any atom is -0.462 e. The highest BCUT2D eigenvalue weighted by Crippen LogP contribution is 2.43. The third-order valence-electron chi connectivity index (χ3n) is 11.6. The van der Waals surface area contributed by atoms with Crippen LogP contribution in [0.1, 0.15) is 258 Å². The Labute approximate surface area is 387 Å². The summed E-state index contributed by atoms with van der Waals surface area (Å²) in [6, 6.07) is 0. The van der Waals surface area contributed by atoms with Crippen LogP contribution in [0.15, 0.2) is 24.3 Å². The van der Waals surface area contributed by atoms with Crippen LogP contribution >= 0.6 is 7.82 Å². The first-order valence-corrected chi connectivity index (χ1v) is 27.8. The fourth-order valence-electron chi connectivity index (χ4n) is 7.51. The number of hydrogen-bond donors (Lipinski definition) is 3. The third kappa shape index (κ3) is 48.2. The van der Waals surface area contributed by atoms with Gasteiger partial charge in [-0.3, -0.25) is 18.6 Å². The third-order valence-corrected chi connectivity index (χ3v) is 12.5. The lowest BCUT2D eigenvalue weighted by Gasteiger charge is -2.20. The van der Waals surface area contributed by atoms with Crippen molar-refractivity contribution < 1.29 is 47.8 Å². The summed E-state index contributed by atoms with van der Waals surface area (Å²) in [5.74, 6) is -0.919. The molecule has 3 unspecified atom stereocenters. The fraction of sp³-hybridized carbons (Fsp3) is 0.885. The lowest BCUT2D eigenvalue weighted by Crippen LogP contribution is -2.29. The first-order valence-electron chi connectivity index (χ1n) is 26.3. The summed E-state index contributed by atoms with van der Waals surface area (Å²) in [6.07, 6.45) is 51.5. The number of aliphatic hydroxyl groups excluding tert-OH is 2. The number of unbranched alkanes of at least 4 members (excludes halogenated alkanes) is 32. The highest BCUT2D eigenvalue weighted by molar-refractivity contribution is 7.47. The molecule has 0 rings (SSSR count). The normalized spacial score (nSPS) is 13.8. The number of esters is 2. The Morgan fingerprint density at radius 1 is 0.460 bits per heavy atom. The molecule has 63 heavy (non-hydrogen) atoms. The molecule has 372 valence electrons. The van der Waals surface area contributed by atoms with Gasteiger partial charge in [0.05, 0.1) is 19.8 Å². The molecule has 10 nitrogen and oxygen atoms in total. The molecule has 0 saturated carbocycles. The number of carbonyl (C=O) groups is 2. The maximum atomic E-state index is 12.7. The van der Waals surface area contributed by atoms with Crippen LogP contribution in [0.2, 0.25) is 0 Å². The summed E-state index contributed by atoms with van der Waals surface area (Å²) in [7, 11) is -4.62. The van der Waals surface area contributed by atoms with Gasteiger partial charge in [-0.2, -0.15) is 0 Å². The van der Waals surface area contributed by atoms with Crippen LogP contribution in [-0.4, -0.2) is 65.7 Å². The molecule has 0 radical (unpaired) electrons. The summed E-state index contributed by atoms with van der Waals surface area (Å²) in [6.45, 7) is 2.42. The van der Waals surface area contributed by atoms with Gasteiger partial charge in [0.15, 0.2) is 6.10 Å². The first kappa shape index (κ1) is 61.5. The predicted molar refractivity (Wildman–Crippen MR) is 261 cm³/mol. The summed E-state index contributed by atoms with van der Waals surface area (Å²) < 4.78 is 32.9. The van der Waals surface area contributed by atoms with E-state index in [-0.39, 0.29) is 19.4 Å². The second-order valence-electron chi connectivity index (χ2n) is 17.9. The van der Waals surface area contributed by atoms with Crippen LogP contribution in [0, 0.1) is 0 Å². The number of carbonyl (C=O) groups excluding carboxylic acids is 2. The molecule has 0 aliphatic rings. The zero-order chi connectivity index (χ0) is 46.2. The lowest BCUT2D eigenvalue weighted by atomic mass is 10.0. The minimum absolute atomic E-state index is 0.185. The van der Waals surface area contributed by atoms with Crippen LogP contribution in [-0.2, 0) is 32.7 Å². The van der Waals surface area contributed by atoms with Crippen molar-refractivity contribution in [3.63, 3.8) is 0 Å². The van der Waals surface area contributed by atoms with Crippen molar-refractivity contribution in [1.82, 2.24) is 0 Å². The van der Waals surface area contributed by atoms with E-state index in [1.165, 1.54) is 173 Å². The molecule has 0 amide bonds. The maximum absolute atomic E-state index is 12.7. The van der Waals surface area contributed by atoms with E-state index in [9.17, 15) is 24.2 Å². The van der Waals surface area contributed by atoms with Gasteiger partial charge in [0.1, 0.15) is 12.7 Å². The molecule has 0 saturated heterocycles. The highest BCUT2D eigenvalue weighted by Gasteiger charge is 2.27. The minimum atomic E-state index is -4.62. The number of hydrogen-bond acceptors (Lipinski definition) is 9. The first-order chi connectivity index (χ1) is 30.7. The molecule has 3 N–H and O–H groups in total. The quantitative estimate of drug-likeness (QED) is 0.0233. The van der Waals surface area contributed by atoms with E-state index in [2.05, 4.69) is 38.2 Å². The zero-order valence-corrected chi connectivity index (χ0v) is 41.7. The number of rotatable bonds is 50. The Kier molecular flexibility index (Phi) is 47.2. The average Bonchev–Trinajstić information content (AvgIpc) is 3.27. The molecule has 0 heterocycles. The van der Waals surface area contributed by atoms with Crippen LogP contribution in [0.25, 0.3) is 0 Å². The molecule has 3 atom stereocenters. The van der Waals surface area contributed by atoms with Gasteiger partial charge in [-0.25, -0.2) is 4.57 Å². The fourth-order valence-corrected chi connectivity index (χ4v) is 8.30. The molecule has 0 aliphatic carbocycles. The average molecular weight is 915 g/mol. The van der Waals surface area contributed by atoms with E-state index < -0.39 is 51.8 Å². The second-order valence-corrected chi connectivity index (χ2v) is 19.3. The SMILES string of the molecule is CCCCCCCC/C=C\CCCCCCCCCC(=O)OCC(COP(=O)(O)OCC(O)CO)OC(=O)CCCCCCCCCCCCC/C=C\CCCCCCCCCC. The summed E-state index contributed by atoms with van der Waals surface area (Å²) in [5.41, 5.74) is 0. The van der Waals surface area contributed by atoms with E-state index in [4.69, 9.17) is 23.6 Å². The summed E-state index contributed by atoms with van der Waals surface area (Å²) in [4.78, 5) is 35.2. The molecule has 0 aliphatic heterocycles. The van der Waals surface area contributed by atoms with Crippen molar-refractivity contribution in [3.05, 3.63) is 24.3 Å². The van der Waals surface area contributed by atoms with Crippen molar-refractivity contribution in [3.8, 4) is 0 Å². The number of allylic oxidation sites excluding steroid dienone is 4. The number of phosphoric ester groups is 1. The molecule has 0 spiro atoms. The van der Waals surface area contributed by atoms with Gasteiger partial charge in [-0.15, -0.1) is 0 Å². The Hall–Kier alpha value is -1.55. The summed E-state index contributed by atoms with van der Waals surface area (Å²) >= 11 is 0. The molecule has 0 aromatic heterocycles. The highest BCUT2D eigenvalue weighted by atomic mass is 31.2. The van der Waals surface area contributed by atoms with Crippen LogP contribution < -0.4 is 0 Å². The second kappa shape index (κ2) is 48.4. The van der Waals surface area contributed by atoms with Crippen molar-refractivity contribution in [2.45, 2.75) is 270 Å². The molecule has 0 bridgehead atoms. The van der Waals surface area contributed by atoms with E-state index in [0.29, 0.717) is 12.8 Å². The van der Waals surface area contributed by atoms with Gasteiger partial charge in [0.2, 0.25) is 0 Å². The van der Waals surface area contributed by atoms with E-state index >= 15 is 0 Å². The van der Waals surface area contributed by atoms with E-state index in [1.807, 2.05) is 0 Å². The maximum Gasteiger partial charge on any atom is 0.472 e. The van der Waals surface area contributed by atoms with Crippen molar-refractivity contribution in [1.29, 1.82) is 0 Å². The smallest absolute Gasteiger partial charge is 0.462 e. The van der Waals surface area contributed by atoms with E-state index in [1.54, 1.807) is 0 Å². The van der Waals surface area contributed by atoms with Crippen LogP contribution in [0.4, 0.5) is 0 Å². The molecule has 0 aromatic rings. The Bertz CT molecular complexity index is 1100. The molecular formula is C52H99O10P. The zero-order valence-electron chi connectivity index (χ0n) is 40.8. The lowest BCUT2D eigenvalue weighted by molar-refractivity contribution is -0.161. The Morgan fingerprint density at radius 2 is 0.778 bits per heavy atom. The van der Waals surface area contributed by atoms with Gasteiger partial charge >= 0.3 is 19.8 Å². The van der Waals surface area contributed by atoms with Gasteiger partial charge < -0.3 is 24.6 Å². The molecule has 0 fully saturated rings. The molecular weight excluding hydrogens is 816 g/mol. The van der Waals surface area contributed by atoms with Gasteiger partial charge in [0, 0.05) is 12.8 Å². The standard InChI is InChI=1S/C52H99O10P/c1-3-5-7-9-11-13-15-17-19-21-22-23-24-25-26-28-30-32-34-36-38-40-42-44-52(56)62-50(48-61-63(57,58)60-46-49(54)45-53)47-59-51(55)43-41-39-37-35-33-31-29-27-20-18-16-14-12-10-8-6-4-2/h18,20-22,49-50,53-54H,3-17,19,23-48H2,1-2H3,(H,57,58)/b20-18-,22-21-. The van der Waals surface area contributed by atoms with Crippen LogP contribution in [0.3, 0.4) is 0 Å². The van der Waals surface area contributed by atoms with Crippen molar-refractivity contribution in [2.24, 2.45) is 0 Å². The van der Waals surface area contributed by atoms with Gasteiger partial charge in [-0.05, 0) is 64.2 Å². The number of ether oxygens (including phenoxy) is 2. The molecule has 0 aromatic carbocycles. The Balaban J connectivity index is 4.14. The number of phosphoric acid groups is 1. The van der Waals surface area contributed by atoms with Crippen LogP contribution in [0.5, 0.6) is 0 Å². The predicted octanol–water partition coefficient (Wildman–Crippen LogP) is 14.9. The monoisotopic (exact) mass is 915 g/mol. The van der Waals surface area contributed by atoms with Crippen molar-refractivity contribution in [2.75, 3.05) is 26.4 Å². The summed E-state index contributed by atoms with van der Waals surface area (Å²) in [5, 5.41) is 18.4.